The van der Waals surface area contributed by atoms with Gasteiger partial charge in [-0.05, 0) is 18.8 Å². The molecule has 0 aromatic carbocycles. The Labute approximate surface area is 155 Å². The van der Waals surface area contributed by atoms with Gasteiger partial charge in [-0.15, -0.1) is 0 Å². The monoisotopic (exact) mass is 336 g/mol. The van der Waals surface area contributed by atoms with Crippen LogP contribution in [0.1, 0.15) is 136 Å². The van der Waals surface area contributed by atoms with Crippen molar-refractivity contribution < 1.29 is 0 Å². The van der Waals surface area contributed by atoms with Crippen LogP contribution in [-0.4, -0.2) is 0 Å². The molecule has 0 heterocycles. The molecule has 1 aliphatic carbocycles. The third-order valence-electron chi connectivity index (χ3n) is 5.10. The zero-order valence-corrected chi connectivity index (χ0v) is 17.3. The van der Waals surface area contributed by atoms with Crippen molar-refractivity contribution in [1.29, 1.82) is 0 Å². The van der Waals surface area contributed by atoms with E-state index in [4.69, 9.17) is 0 Å². The fourth-order valence-corrected chi connectivity index (χ4v) is 3.18. The van der Waals surface area contributed by atoms with Gasteiger partial charge in [0.05, 0.1) is 0 Å². The van der Waals surface area contributed by atoms with Crippen LogP contribution in [0.25, 0.3) is 0 Å². The molecule has 0 heteroatoms. The SMILES string of the molecule is CCCCCCCCCC1[CH]C1.[CH2]CCCCCCCCCCC. The van der Waals surface area contributed by atoms with Crippen molar-refractivity contribution in [3.63, 3.8) is 0 Å². The van der Waals surface area contributed by atoms with E-state index in [-0.39, 0.29) is 0 Å². The van der Waals surface area contributed by atoms with Gasteiger partial charge in [0.2, 0.25) is 0 Å². The molecule has 0 bridgehead atoms. The summed E-state index contributed by atoms with van der Waals surface area (Å²) in [6.45, 7) is 8.40. The predicted octanol–water partition coefficient (Wildman–Crippen LogP) is 9.09. The summed E-state index contributed by atoms with van der Waals surface area (Å²) in [5.41, 5.74) is 0. The van der Waals surface area contributed by atoms with Crippen LogP contribution in [-0.2, 0) is 0 Å². The van der Waals surface area contributed by atoms with Crippen LogP contribution >= 0.6 is 0 Å². The molecule has 0 N–H and O–H groups in total. The van der Waals surface area contributed by atoms with Gasteiger partial charge in [-0.25, -0.2) is 0 Å². The van der Waals surface area contributed by atoms with Gasteiger partial charge in [0, 0.05) is 0 Å². The van der Waals surface area contributed by atoms with E-state index in [0.717, 1.165) is 12.3 Å². The second-order valence-corrected chi connectivity index (χ2v) is 7.82. The third-order valence-corrected chi connectivity index (χ3v) is 5.10. The van der Waals surface area contributed by atoms with Crippen molar-refractivity contribution in [2.45, 2.75) is 136 Å². The molecule has 0 saturated heterocycles. The van der Waals surface area contributed by atoms with Gasteiger partial charge in [0.25, 0.3) is 0 Å². The fraction of sp³-hybridized carbons (Fsp3) is 0.917. The summed E-state index contributed by atoms with van der Waals surface area (Å²) in [4.78, 5) is 0. The zero-order valence-electron chi connectivity index (χ0n) is 17.3. The highest BCUT2D eigenvalue weighted by atomic mass is 14.3. The lowest BCUT2D eigenvalue weighted by Gasteiger charge is -1.99. The van der Waals surface area contributed by atoms with Crippen LogP contribution in [0.15, 0.2) is 0 Å². The van der Waals surface area contributed by atoms with Gasteiger partial charge in [-0.2, -0.15) is 0 Å². The average Bonchev–Trinajstić information content (AvgIpc) is 3.41. The number of unbranched alkanes of at least 4 members (excludes halogenated alkanes) is 15. The van der Waals surface area contributed by atoms with Crippen LogP contribution in [0.2, 0.25) is 0 Å². The predicted molar refractivity (Wildman–Crippen MR) is 112 cm³/mol. The second-order valence-electron chi connectivity index (χ2n) is 7.82. The molecule has 144 valence electrons. The van der Waals surface area contributed by atoms with E-state index >= 15 is 0 Å². The summed E-state index contributed by atoms with van der Waals surface area (Å²) in [6.07, 6.45) is 29.4. The minimum Gasteiger partial charge on any atom is -0.0654 e. The van der Waals surface area contributed by atoms with Crippen molar-refractivity contribution in [3.8, 4) is 0 Å². The maximum atomic E-state index is 3.84. The molecule has 1 fully saturated rings. The lowest BCUT2D eigenvalue weighted by Crippen LogP contribution is -1.81. The van der Waals surface area contributed by atoms with Gasteiger partial charge < -0.3 is 0 Å². The summed E-state index contributed by atoms with van der Waals surface area (Å²) >= 11 is 0. The summed E-state index contributed by atoms with van der Waals surface area (Å²) < 4.78 is 0. The molecular weight excluding hydrogens is 288 g/mol. The maximum Gasteiger partial charge on any atom is -0.0352 e. The van der Waals surface area contributed by atoms with Crippen LogP contribution in [0.5, 0.6) is 0 Å². The molecule has 1 unspecified atom stereocenters. The first-order valence-electron chi connectivity index (χ1n) is 11.5. The lowest BCUT2D eigenvalue weighted by atomic mass is 10.1. The van der Waals surface area contributed by atoms with E-state index in [1.165, 1.54) is 116 Å². The van der Waals surface area contributed by atoms with E-state index in [1.807, 2.05) is 0 Å². The topological polar surface area (TPSA) is 0 Å². The number of rotatable bonds is 17. The highest BCUT2D eigenvalue weighted by molar-refractivity contribution is 4.93. The van der Waals surface area contributed by atoms with Gasteiger partial charge >= 0.3 is 0 Å². The standard InChI is InChI=1S/C12H23.C12H25/c1-2-3-4-5-6-7-8-9-12-10-11-12;1-3-5-7-9-11-12-10-8-6-4-2/h10,12H,2-9,11H2,1H3;1,3-12H2,2H3. The highest BCUT2D eigenvalue weighted by Gasteiger charge is 2.20. The zero-order chi connectivity index (χ0) is 17.7. The first kappa shape index (κ1) is 24.0. The maximum absolute atomic E-state index is 3.84. The molecule has 1 saturated carbocycles. The van der Waals surface area contributed by atoms with E-state index in [9.17, 15) is 0 Å². The van der Waals surface area contributed by atoms with Crippen LogP contribution < -0.4 is 0 Å². The van der Waals surface area contributed by atoms with E-state index in [1.54, 1.807) is 0 Å². The summed E-state index contributed by atoms with van der Waals surface area (Å²) in [7, 11) is 0. The lowest BCUT2D eigenvalue weighted by molar-refractivity contribution is 0.563. The molecule has 0 nitrogen and oxygen atoms in total. The van der Waals surface area contributed by atoms with Crippen molar-refractivity contribution in [1.82, 2.24) is 0 Å². The molecule has 1 atom stereocenters. The number of hydrogen-bond donors (Lipinski definition) is 0. The second kappa shape index (κ2) is 21.0. The Morgan fingerprint density at radius 3 is 1.38 bits per heavy atom. The summed E-state index contributed by atoms with van der Waals surface area (Å²) in [5, 5.41) is 0. The molecule has 0 aromatic rings. The molecule has 0 amide bonds. The largest absolute Gasteiger partial charge is 0.0654 e. The quantitative estimate of drug-likeness (QED) is 0.232. The molecule has 1 aliphatic rings. The van der Waals surface area contributed by atoms with Crippen molar-refractivity contribution in [2.75, 3.05) is 0 Å². The van der Waals surface area contributed by atoms with E-state index in [2.05, 4.69) is 27.2 Å². The summed E-state index contributed by atoms with van der Waals surface area (Å²) in [5.74, 6) is 1.03. The molecule has 2 radical (unpaired) electrons. The first-order chi connectivity index (χ1) is 11.8. The van der Waals surface area contributed by atoms with Gasteiger partial charge in [-0.1, -0.05) is 136 Å². The molecule has 24 heavy (non-hydrogen) atoms. The minimum absolute atomic E-state index is 1.03. The van der Waals surface area contributed by atoms with E-state index in [0.29, 0.717) is 0 Å². The normalized spacial score (nSPS) is 13.6. The van der Waals surface area contributed by atoms with Crippen molar-refractivity contribution in [2.24, 2.45) is 5.92 Å². The Bertz CT molecular complexity index is 194. The fourth-order valence-electron chi connectivity index (χ4n) is 3.18. The van der Waals surface area contributed by atoms with Gasteiger partial charge in [-0.3, -0.25) is 0 Å². The highest BCUT2D eigenvalue weighted by Crippen LogP contribution is 2.32. The molecule has 0 aromatic heterocycles. The van der Waals surface area contributed by atoms with Crippen LogP contribution in [0.4, 0.5) is 0 Å². The van der Waals surface area contributed by atoms with E-state index < -0.39 is 0 Å². The molecular formula is C24H48. The Morgan fingerprint density at radius 1 is 0.625 bits per heavy atom. The Hall–Kier alpha value is 0. The number of hydrogen-bond acceptors (Lipinski definition) is 0. The molecule has 0 aliphatic heterocycles. The van der Waals surface area contributed by atoms with Gasteiger partial charge in [0.15, 0.2) is 0 Å². The smallest absolute Gasteiger partial charge is 0.0352 e. The van der Waals surface area contributed by atoms with Crippen LogP contribution in [0, 0.1) is 19.3 Å². The molecule has 1 rings (SSSR count). The Kier molecular flexibility index (Phi) is 21.0. The first-order valence-corrected chi connectivity index (χ1v) is 11.5. The van der Waals surface area contributed by atoms with Crippen LogP contribution in [0.3, 0.4) is 0 Å². The van der Waals surface area contributed by atoms with Crippen molar-refractivity contribution in [3.05, 3.63) is 13.3 Å². The Morgan fingerprint density at radius 2 is 1.00 bits per heavy atom. The Balaban J connectivity index is 0.000000441. The van der Waals surface area contributed by atoms with Crippen molar-refractivity contribution >= 4 is 0 Å². The third kappa shape index (κ3) is 22.0. The summed E-state index contributed by atoms with van der Waals surface area (Å²) in [6, 6.07) is 0. The minimum atomic E-state index is 1.03. The average molecular weight is 337 g/mol. The molecule has 0 spiro atoms. The van der Waals surface area contributed by atoms with Gasteiger partial charge in [0.1, 0.15) is 0 Å².